The molecular weight excluding hydrogens is 288 g/mol. The lowest BCUT2D eigenvalue weighted by Gasteiger charge is -2.03. The van der Waals surface area contributed by atoms with Gasteiger partial charge >= 0.3 is 0 Å². The molecule has 2 amide bonds. The summed E-state index contributed by atoms with van der Waals surface area (Å²) < 4.78 is 0. The van der Waals surface area contributed by atoms with Gasteiger partial charge in [-0.1, -0.05) is 18.6 Å². The van der Waals surface area contributed by atoms with Gasteiger partial charge in [0.05, 0.1) is 11.3 Å². The number of amides is 2. The number of allylic oxidation sites excluding steroid dienone is 1. The molecule has 0 fully saturated rings. The van der Waals surface area contributed by atoms with Crippen molar-refractivity contribution in [2.75, 3.05) is 24.1 Å². The van der Waals surface area contributed by atoms with Crippen molar-refractivity contribution in [3.05, 3.63) is 22.1 Å². The monoisotopic (exact) mass is 310 g/mol. The molecular formula is C14H22N4O2S. The summed E-state index contributed by atoms with van der Waals surface area (Å²) in [7, 11) is 0. The average molecular weight is 310 g/mol. The van der Waals surface area contributed by atoms with E-state index in [4.69, 9.17) is 11.5 Å². The minimum atomic E-state index is -0.641. The molecule has 0 spiro atoms. The van der Waals surface area contributed by atoms with Gasteiger partial charge in [0, 0.05) is 13.1 Å². The normalized spacial score (nSPS) is 10.0. The van der Waals surface area contributed by atoms with Crippen LogP contribution in [0.1, 0.15) is 47.2 Å². The van der Waals surface area contributed by atoms with Crippen molar-refractivity contribution in [1.29, 1.82) is 0 Å². The summed E-state index contributed by atoms with van der Waals surface area (Å²) in [4.78, 5) is 23.9. The highest BCUT2D eigenvalue weighted by molar-refractivity contribution is 7.19. The number of thiophene rings is 1. The Bertz CT molecular complexity index is 560. The Labute approximate surface area is 128 Å². The van der Waals surface area contributed by atoms with Crippen molar-refractivity contribution in [3.63, 3.8) is 0 Å². The van der Waals surface area contributed by atoms with Gasteiger partial charge in [-0.2, -0.15) is 0 Å². The molecule has 6 N–H and O–H groups in total. The van der Waals surface area contributed by atoms with E-state index in [1.807, 2.05) is 26.8 Å². The SMILES string of the molecule is CCCNC(=O)c1sc(NCC=C(C)C)c(C(N)=O)c1N. The molecule has 1 aromatic rings. The van der Waals surface area contributed by atoms with Crippen LogP contribution in [-0.2, 0) is 0 Å². The van der Waals surface area contributed by atoms with E-state index in [1.54, 1.807) is 0 Å². The molecule has 0 aromatic carbocycles. The van der Waals surface area contributed by atoms with E-state index in [0.717, 1.165) is 23.3 Å². The average Bonchev–Trinajstić information content (AvgIpc) is 2.72. The van der Waals surface area contributed by atoms with E-state index in [2.05, 4.69) is 10.6 Å². The third kappa shape index (κ3) is 4.49. The molecule has 7 heteroatoms. The molecule has 1 rings (SSSR count). The van der Waals surface area contributed by atoms with Crippen molar-refractivity contribution in [1.82, 2.24) is 5.32 Å². The smallest absolute Gasteiger partial charge is 0.263 e. The number of hydrogen-bond donors (Lipinski definition) is 4. The number of hydrogen-bond acceptors (Lipinski definition) is 5. The van der Waals surface area contributed by atoms with Gasteiger partial charge in [0.2, 0.25) is 0 Å². The number of nitrogens with two attached hydrogens (primary N) is 2. The molecule has 0 saturated carbocycles. The fourth-order valence-corrected chi connectivity index (χ4v) is 2.70. The highest BCUT2D eigenvalue weighted by atomic mass is 32.1. The molecule has 0 bridgehead atoms. The van der Waals surface area contributed by atoms with Crippen molar-refractivity contribution in [2.24, 2.45) is 5.73 Å². The molecule has 0 unspecified atom stereocenters. The number of primary amides is 1. The molecule has 0 aliphatic heterocycles. The summed E-state index contributed by atoms with van der Waals surface area (Å²) in [5, 5.41) is 6.35. The van der Waals surface area contributed by atoms with Crippen LogP contribution in [-0.4, -0.2) is 24.9 Å². The predicted molar refractivity (Wildman–Crippen MR) is 87.8 cm³/mol. The van der Waals surface area contributed by atoms with E-state index in [0.29, 0.717) is 23.0 Å². The van der Waals surface area contributed by atoms with Crippen molar-refractivity contribution in [3.8, 4) is 0 Å². The maximum Gasteiger partial charge on any atom is 0.263 e. The van der Waals surface area contributed by atoms with Crippen LogP contribution < -0.4 is 22.1 Å². The van der Waals surface area contributed by atoms with E-state index in [9.17, 15) is 9.59 Å². The first-order valence-corrected chi connectivity index (χ1v) is 7.57. The largest absolute Gasteiger partial charge is 0.397 e. The van der Waals surface area contributed by atoms with Crippen molar-refractivity contribution < 1.29 is 9.59 Å². The van der Waals surface area contributed by atoms with Crippen LogP contribution in [0.25, 0.3) is 0 Å². The second-order valence-electron chi connectivity index (χ2n) is 4.83. The zero-order valence-corrected chi connectivity index (χ0v) is 13.4. The van der Waals surface area contributed by atoms with E-state index in [-0.39, 0.29) is 17.2 Å². The molecule has 0 radical (unpaired) electrons. The number of nitrogens with one attached hydrogen (secondary N) is 2. The minimum absolute atomic E-state index is 0.140. The first-order chi connectivity index (χ1) is 9.88. The Kier molecular flexibility index (Phi) is 6.23. The lowest BCUT2D eigenvalue weighted by atomic mass is 10.2. The predicted octanol–water partition coefficient (Wildman–Crippen LogP) is 1.95. The third-order valence-corrected chi connectivity index (χ3v) is 3.87. The number of nitrogen functional groups attached to an aromatic ring is 1. The van der Waals surface area contributed by atoms with Gasteiger partial charge in [-0.15, -0.1) is 11.3 Å². The van der Waals surface area contributed by atoms with Gasteiger partial charge in [-0.3, -0.25) is 9.59 Å². The van der Waals surface area contributed by atoms with Crippen molar-refractivity contribution >= 4 is 33.8 Å². The van der Waals surface area contributed by atoms with E-state index < -0.39 is 5.91 Å². The Morgan fingerprint density at radius 1 is 1.33 bits per heavy atom. The fourth-order valence-electron chi connectivity index (χ4n) is 1.65. The second kappa shape index (κ2) is 7.68. The number of anilines is 2. The topological polar surface area (TPSA) is 110 Å². The first kappa shape index (κ1) is 17.0. The summed E-state index contributed by atoms with van der Waals surface area (Å²) in [6, 6.07) is 0. The highest BCUT2D eigenvalue weighted by Crippen LogP contribution is 2.35. The van der Waals surface area contributed by atoms with Crippen LogP contribution in [0.3, 0.4) is 0 Å². The number of carbonyl (C=O) groups is 2. The summed E-state index contributed by atoms with van der Waals surface area (Å²) in [5.41, 5.74) is 12.7. The summed E-state index contributed by atoms with van der Waals surface area (Å²) in [6.07, 6.45) is 2.79. The van der Waals surface area contributed by atoms with Crippen LogP contribution in [0.2, 0.25) is 0 Å². The van der Waals surface area contributed by atoms with Gasteiger partial charge in [-0.05, 0) is 20.3 Å². The van der Waals surface area contributed by atoms with Gasteiger partial charge < -0.3 is 22.1 Å². The molecule has 1 aromatic heterocycles. The summed E-state index contributed by atoms with van der Waals surface area (Å²) >= 11 is 1.15. The molecule has 21 heavy (non-hydrogen) atoms. The Hall–Kier alpha value is -2.02. The Morgan fingerprint density at radius 3 is 2.52 bits per heavy atom. The maximum atomic E-state index is 12.0. The van der Waals surface area contributed by atoms with E-state index in [1.165, 1.54) is 0 Å². The molecule has 0 aliphatic rings. The number of rotatable bonds is 7. The molecule has 6 nitrogen and oxygen atoms in total. The molecule has 1 heterocycles. The standard InChI is InChI=1S/C14H22N4O2S/c1-4-6-17-13(20)11-10(15)9(12(16)19)14(21-11)18-7-5-8(2)3/h5,18H,4,6-7,15H2,1-3H3,(H2,16,19)(H,17,20). The van der Waals surface area contributed by atoms with Gasteiger partial charge in [0.25, 0.3) is 11.8 Å². The lowest BCUT2D eigenvalue weighted by molar-refractivity contribution is 0.0958. The third-order valence-electron chi connectivity index (χ3n) is 2.71. The lowest BCUT2D eigenvalue weighted by Crippen LogP contribution is -2.24. The van der Waals surface area contributed by atoms with Gasteiger partial charge in [0.1, 0.15) is 9.88 Å². The Balaban J connectivity index is 3.04. The second-order valence-corrected chi connectivity index (χ2v) is 5.85. The summed E-state index contributed by atoms with van der Waals surface area (Å²) in [5.74, 6) is -0.921. The van der Waals surface area contributed by atoms with Crippen LogP contribution in [0.15, 0.2) is 11.6 Å². The quantitative estimate of drug-likeness (QED) is 0.577. The van der Waals surface area contributed by atoms with Crippen molar-refractivity contribution in [2.45, 2.75) is 27.2 Å². The fraction of sp³-hybridized carbons (Fsp3) is 0.429. The van der Waals surface area contributed by atoms with E-state index >= 15 is 0 Å². The molecule has 0 aliphatic carbocycles. The zero-order chi connectivity index (χ0) is 16.0. The van der Waals surface area contributed by atoms with Gasteiger partial charge in [-0.25, -0.2) is 0 Å². The number of carbonyl (C=O) groups excluding carboxylic acids is 2. The summed E-state index contributed by atoms with van der Waals surface area (Å²) in [6.45, 7) is 7.01. The highest BCUT2D eigenvalue weighted by Gasteiger charge is 2.23. The van der Waals surface area contributed by atoms with Crippen LogP contribution in [0.5, 0.6) is 0 Å². The molecule has 116 valence electrons. The minimum Gasteiger partial charge on any atom is -0.397 e. The first-order valence-electron chi connectivity index (χ1n) is 6.75. The molecule has 0 atom stereocenters. The van der Waals surface area contributed by atoms with Crippen LogP contribution >= 0.6 is 11.3 Å². The van der Waals surface area contributed by atoms with Gasteiger partial charge in [0.15, 0.2) is 0 Å². The Morgan fingerprint density at radius 2 is 2.00 bits per heavy atom. The van der Waals surface area contributed by atoms with Crippen LogP contribution in [0.4, 0.5) is 10.7 Å². The zero-order valence-electron chi connectivity index (χ0n) is 12.6. The maximum absolute atomic E-state index is 12.0. The molecule has 0 saturated heterocycles. The van der Waals surface area contributed by atoms with Crippen LogP contribution in [0, 0.1) is 0 Å².